The molecule has 2 aromatic carbocycles. The van der Waals surface area contributed by atoms with E-state index in [1.807, 2.05) is 30.3 Å². The van der Waals surface area contributed by atoms with Crippen molar-refractivity contribution in [2.75, 3.05) is 13.2 Å². The Labute approximate surface area is 130 Å². The van der Waals surface area contributed by atoms with Gasteiger partial charge in [-0.15, -0.1) is 0 Å². The van der Waals surface area contributed by atoms with Gasteiger partial charge in [0.2, 0.25) is 5.91 Å². The Kier molecular flexibility index (Phi) is 6.10. The second kappa shape index (κ2) is 8.29. The molecule has 2 aromatic rings. The minimum absolute atomic E-state index is 0.0347. The maximum absolute atomic E-state index is 13.1. The largest absolute Gasteiger partial charge is 0.371 e. The number of aryl methyl sites for hydroxylation is 1. The molecule has 0 spiro atoms. The van der Waals surface area contributed by atoms with Crippen LogP contribution in [0.1, 0.15) is 16.7 Å². The lowest BCUT2D eigenvalue weighted by Crippen LogP contribution is -2.27. The average molecular weight is 301 g/mol. The van der Waals surface area contributed by atoms with E-state index in [1.165, 1.54) is 11.6 Å². The number of amides is 1. The van der Waals surface area contributed by atoms with Gasteiger partial charge in [-0.1, -0.05) is 42.5 Å². The first-order valence-corrected chi connectivity index (χ1v) is 7.28. The predicted molar refractivity (Wildman–Crippen MR) is 83.9 cm³/mol. The number of hydrogen-bond donors (Lipinski definition) is 1. The molecule has 0 unspecified atom stereocenters. The average Bonchev–Trinajstić information content (AvgIpc) is 2.54. The molecule has 0 saturated heterocycles. The van der Waals surface area contributed by atoms with Crippen LogP contribution in [0.4, 0.5) is 4.39 Å². The molecule has 1 amide bonds. The van der Waals surface area contributed by atoms with Crippen LogP contribution in [0.25, 0.3) is 0 Å². The van der Waals surface area contributed by atoms with Crippen molar-refractivity contribution >= 4 is 5.91 Å². The summed E-state index contributed by atoms with van der Waals surface area (Å²) in [6.45, 7) is 2.62. The van der Waals surface area contributed by atoms with Gasteiger partial charge in [0.1, 0.15) is 12.4 Å². The quantitative estimate of drug-likeness (QED) is 0.798. The third kappa shape index (κ3) is 5.30. The lowest BCUT2D eigenvalue weighted by atomic mass is 10.1. The standard InChI is InChI=1S/C18H20FNO2/c1-14-11-16(7-8-17(14)19)12-20-18(21)13-22-10-9-15-5-3-2-4-6-15/h2-8,11H,9-10,12-13H2,1H3,(H,20,21). The lowest BCUT2D eigenvalue weighted by molar-refractivity contribution is -0.125. The molecule has 0 radical (unpaired) electrons. The highest BCUT2D eigenvalue weighted by atomic mass is 19.1. The van der Waals surface area contributed by atoms with Gasteiger partial charge in [0.05, 0.1) is 6.61 Å². The van der Waals surface area contributed by atoms with Crippen molar-refractivity contribution in [1.82, 2.24) is 5.32 Å². The summed E-state index contributed by atoms with van der Waals surface area (Å²) in [6, 6.07) is 14.8. The van der Waals surface area contributed by atoms with E-state index in [1.54, 1.807) is 19.1 Å². The van der Waals surface area contributed by atoms with Gasteiger partial charge < -0.3 is 10.1 Å². The lowest BCUT2D eigenvalue weighted by Gasteiger charge is -2.07. The van der Waals surface area contributed by atoms with Gasteiger partial charge in [-0.25, -0.2) is 4.39 Å². The molecule has 4 heteroatoms. The van der Waals surface area contributed by atoms with Crippen molar-refractivity contribution in [3.05, 3.63) is 71.0 Å². The number of benzene rings is 2. The van der Waals surface area contributed by atoms with Crippen molar-refractivity contribution in [2.45, 2.75) is 19.9 Å². The Morgan fingerprint density at radius 1 is 1.14 bits per heavy atom. The zero-order valence-corrected chi connectivity index (χ0v) is 12.6. The van der Waals surface area contributed by atoms with E-state index in [2.05, 4.69) is 5.32 Å². The summed E-state index contributed by atoms with van der Waals surface area (Å²) in [6.07, 6.45) is 0.783. The third-order valence-electron chi connectivity index (χ3n) is 3.32. The maximum atomic E-state index is 13.1. The second-order valence-electron chi connectivity index (χ2n) is 5.15. The molecule has 0 aliphatic rings. The first-order chi connectivity index (χ1) is 10.6. The molecule has 0 aromatic heterocycles. The Morgan fingerprint density at radius 3 is 2.64 bits per heavy atom. The highest BCUT2D eigenvalue weighted by Gasteiger charge is 2.03. The van der Waals surface area contributed by atoms with Gasteiger partial charge >= 0.3 is 0 Å². The van der Waals surface area contributed by atoms with E-state index in [-0.39, 0.29) is 18.3 Å². The van der Waals surface area contributed by atoms with Gasteiger partial charge in [-0.2, -0.15) is 0 Å². The molecule has 0 aliphatic heterocycles. The molecule has 0 fully saturated rings. The van der Waals surface area contributed by atoms with Gasteiger partial charge in [-0.05, 0) is 36.1 Å². The number of ether oxygens (including phenoxy) is 1. The van der Waals surface area contributed by atoms with Crippen LogP contribution in [0, 0.1) is 12.7 Å². The van der Waals surface area contributed by atoms with Crippen LogP contribution in [0.5, 0.6) is 0 Å². The number of halogens is 1. The summed E-state index contributed by atoms with van der Waals surface area (Å²) >= 11 is 0. The maximum Gasteiger partial charge on any atom is 0.246 e. The molecule has 2 rings (SSSR count). The summed E-state index contributed by atoms with van der Waals surface area (Å²) in [5.74, 6) is -0.408. The highest BCUT2D eigenvalue weighted by molar-refractivity contribution is 5.77. The number of hydrogen-bond acceptors (Lipinski definition) is 2. The van der Waals surface area contributed by atoms with E-state index in [0.29, 0.717) is 18.7 Å². The van der Waals surface area contributed by atoms with E-state index < -0.39 is 0 Å². The molecule has 0 heterocycles. The van der Waals surface area contributed by atoms with Gasteiger partial charge in [0, 0.05) is 6.54 Å². The molecular weight excluding hydrogens is 281 g/mol. The molecule has 0 bridgehead atoms. The van der Waals surface area contributed by atoms with Crippen LogP contribution in [0.15, 0.2) is 48.5 Å². The number of nitrogens with one attached hydrogen (secondary N) is 1. The van der Waals surface area contributed by atoms with E-state index >= 15 is 0 Å². The topological polar surface area (TPSA) is 38.3 Å². The molecule has 0 atom stereocenters. The van der Waals surface area contributed by atoms with E-state index in [4.69, 9.17) is 4.74 Å². The van der Waals surface area contributed by atoms with E-state index in [0.717, 1.165) is 12.0 Å². The van der Waals surface area contributed by atoms with Gasteiger partial charge in [0.25, 0.3) is 0 Å². The van der Waals surface area contributed by atoms with Gasteiger partial charge in [0.15, 0.2) is 0 Å². The summed E-state index contributed by atoms with van der Waals surface area (Å²) in [5, 5.41) is 2.76. The molecule has 0 saturated carbocycles. The Balaban J connectivity index is 1.64. The normalized spacial score (nSPS) is 10.5. The number of rotatable bonds is 7. The first-order valence-electron chi connectivity index (χ1n) is 7.28. The summed E-state index contributed by atoms with van der Waals surface area (Å²) < 4.78 is 18.5. The molecule has 22 heavy (non-hydrogen) atoms. The third-order valence-corrected chi connectivity index (χ3v) is 3.32. The molecule has 0 aliphatic carbocycles. The fraction of sp³-hybridized carbons (Fsp3) is 0.278. The van der Waals surface area contributed by atoms with Crippen LogP contribution < -0.4 is 5.32 Å². The number of carbonyl (C=O) groups excluding carboxylic acids is 1. The van der Waals surface area contributed by atoms with Crippen LogP contribution in [-0.2, 0) is 22.5 Å². The minimum atomic E-state index is -0.237. The van der Waals surface area contributed by atoms with Crippen molar-refractivity contribution in [2.24, 2.45) is 0 Å². The molecule has 116 valence electrons. The van der Waals surface area contributed by atoms with Crippen LogP contribution in [-0.4, -0.2) is 19.1 Å². The minimum Gasteiger partial charge on any atom is -0.371 e. The first kappa shape index (κ1) is 16.2. The zero-order valence-electron chi connectivity index (χ0n) is 12.6. The van der Waals surface area contributed by atoms with Gasteiger partial charge in [-0.3, -0.25) is 4.79 Å². The zero-order chi connectivity index (χ0) is 15.8. The van der Waals surface area contributed by atoms with Crippen molar-refractivity contribution in [1.29, 1.82) is 0 Å². The molecule has 3 nitrogen and oxygen atoms in total. The van der Waals surface area contributed by atoms with Crippen LogP contribution in [0.3, 0.4) is 0 Å². The smallest absolute Gasteiger partial charge is 0.246 e. The number of carbonyl (C=O) groups is 1. The summed E-state index contributed by atoms with van der Waals surface area (Å²) in [5.41, 5.74) is 2.63. The van der Waals surface area contributed by atoms with Crippen molar-refractivity contribution in [3.63, 3.8) is 0 Å². The van der Waals surface area contributed by atoms with Crippen molar-refractivity contribution < 1.29 is 13.9 Å². The predicted octanol–water partition coefficient (Wildman–Crippen LogP) is 3.01. The summed E-state index contributed by atoms with van der Waals surface area (Å²) in [7, 11) is 0. The van der Waals surface area contributed by atoms with E-state index in [9.17, 15) is 9.18 Å². The monoisotopic (exact) mass is 301 g/mol. The van der Waals surface area contributed by atoms with Crippen molar-refractivity contribution in [3.8, 4) is 0 Å². The fourth-order valence-corrected chi connectivity index (χ4v) is 2.07. The Bertz CT molecular complexity index is 614. The molecular formula is C18H20FNO2. The molecule has 1 N–H and O–H groups in total. The Morgan fingerprint density at radius 2 is 1.91 bits per heavy atom. The SMILES string of the molecule is Cc1cc(CNC(=O)COCCc2ccccc2)ccc1F. The second-order valence-corrected chi connectivity index (χ2v) is 5.15. The fourth-order valence-electron chi connectivity index (χ4n) is 2.07. The van der Waals surface area contributed by atoms with Crippen LogP contribution >= 0.6 is 0 Å². The highest BCUT2D eigenvalue weighted by Crippen LogP contribution is 2.08. The Hall–Kier alpha value is -2.20. The van der Waals surface area contributed by atoms with Crippen LogP contribution in [0.2, 0.25) is 0 Å². The summed E-state index contributed by atoms with van der Waals surface area (Å²) in [4.78, 5) is 11.7.